The van der Waals surface area contributed by atoms with Crippen molar-refractivity contribution in [1.29, 1.82) is 0 Å². The second-order valence-corrected chi connectivity index (χ2v) is 14.3. The van der Waals surface area contributed by atoms with Gasteiger partial charge in [0.2, 0.25) is 0 Å². The van der Waals surface area contributed by atoms with Crippen molar-refractivity contribution in [2.24, 2.45) is 57.7 Å². The van der Waals surface area contributed by atoms with Gasteiger partial charge < -0.3 is 5.11 Å². The third-order valence-electron chi connectivity index (χ3n) is 11.4. The average molecular weight is 471 g/mol. The number of allylic oxidation sites excluding steroid dienone is 2. The van der Waals surface area contributed by atoms with Crippen molar-refractivity contribution in [3.8, 4) is 0 Å². The van der Waals surface area contributed by atoms with Gasteiger partial charge in [0.15, 0.2) is 0 Å². The molecular weight excluding hydrogens is 420 g/mol. The highest BCUT2D eigenvalue weighted by Crippen LogP contribution is 2.67. The Hall–Kier alpha value is -0.960. The molecule has 0 amide bonds. The molecule has 0 bridgehead atoms. The highest BCUT2D eigenvalue weighted by atomic mass is 16.3. The van der Waals surface area contributed by atoms with Crippen molar-refractivity contribution >= 4 is 11.6 Å². The van der Waals surface area contributed by atoms with Gasteiger partial charge in [0.25, 0.3) is 0 Å². The van der Waals surface area contributed by atoms with Crippen LogP contribution >= 0.6 is 0 Å². The number of Topliss-reactive ketones (excluding diaryl/α,β-unsaturated/α-hetero) is 2. The second-order valence-electron chi connectivity index (χ2n) is 14.3. The van der Waals surface area contributed by atoms with Gasteiger partial charge in [0, 0.05) is 31.3 Å². The molecule has 0 saturated heterocycles. The summed E-state index contributed by atoms with van der Waals surface area (Å²) in [6.45, 7) is 16.2. The van der Waals surface area contributed by atoms with Crippen LogP contribution in [0.5, 0.6) is 0 Å². The number of rotatable bonds is 6. The van der Waals surface area contributed by atoms with Gasteiger partial charge in [0.05, 0.1) is 0 Å². The highest BCUT2D eigenvalue weighted by molar-refractivity contribution is 5.92. The molecule has 1 N–H and O–H groups in total. The molecule has 4 aliphatic rings. The Morgan fingerprint density at radius 3 is 2.47 bits per heavy atom. The molecule has 0 spiro atoms. The Labute approximate surface area is 208 Å². The van der Waals surface area contributed by atoms with Crippen molar-refractivity contribution in [3.05, 3.63) is 11.6 Å². The topological polar surface area (TPSA) is 54.4 Å². The van der Waals surface area contributed by atoms with Crippen molar-refractivity contribution < 1.29 is 14.7 Å². The second kappa shape index (κ2) is 9.16. The van der Waals surface area contributed by atoms with Crippen LogP contribution in [0.15, 0.2) is 11.6 Å². The predicted octanol–water partition coefficient (Wildman–Crippen LogP) is 7.02. The maximum atomic E-state index is 13.5. The van der Waals surface area contributed by atoms with E-state index in [1.165, 1.54) is 25.7 Å². The van der Waals surface area contributed by atoms with Crippen LogP contribution in [-0.2, 0) is 9.59 Å². The van der Waals surface area contributed by atoms with Crippen molar-refractivity contribution in [2.45, 2.75) is 106 Å². The molecule has 4 aliphatic carbocycles. The fraction of sp³-hybridized carbons (Fsp3) is 0.871. The maximum absolute atomic E-state index is 13.5. The Morgan fingerprint density at radius 2 is 1.82 bits per heavy atom. The van der Waals surface area contributed by atoms with Crippen LogP contribution in [0.2, 0.25) is 0 Å². The van der Waals surface area contributed by atoms with Crippen molar-refractivity contribution in [1.82, 2.24) is 0 Å². The van der Waals surface area contributed by atoms with Gasteiger partial charge in [-0.2, -0.15) is 0 Å². The van der Waals surface area contributed by atoms with E-state index in [2.05, 4.69) is 40.7 Å². The summed E-state index contributed by atoms with van der Waals surface area (Å²) in [5.74, 6) is 2.87. The van der Waals surface area contributed by atoms with E-state index in [9.17, 15) is 14.7 Å². The van der Waals surface area contributed by atoms with Crippen LogP contribution < -0.4 is 0 Å². The molecular formula is C31H50O3. The molecule has 1 unspecified atom stereocenters. The van der Waals surface area contributed by atoms with Gasteiger partial charge >= 0.3 is 0 Å². The Morgan fingerprint density at radius 1 is 1.12 bits per heavy atom. The number of hydrogen-bond donors (Lipinski definition) is 1. The molecule has 0 aliphatic heterocycles. The Balaban J connectivity index is 1.54. The minimum Gasteiger partial charge on any atom is -0.396 e. The van der Waals surface area contributed by atoms with Crippen LogP contribution in [0, 0.1) is 57.7 Å². The fourth-order valence-corrected chi connectivity index (χ4v) is 8.97. The molecule has 3 saturated carbocycles. The molecule has 9 atom stereocenters. The van der Waals surface area contributed by atoms with Crippen LogP contribution in [0.3, 0.4) is 0 Å². The number of fused-ring (bicyclic) bond motifs is 5. The van der Waals surface area contributed by atoms with Crippen LogP contribution in [0.25, 0.3) is 0 Å². The van der Waals surface area contributed by atoms with Crippen molar-refractivity contribution in [2.75, 3.05) is 6.61 Å². The average Bonchev–Trinajstić information content (AvgIpc) is 3.05. The SMILES string of the molecule is C[C@@H](CO)CCC(=O)[C@@H](C)[C@H]1C(=O)C[C@H]2[C@@H]3CC=C4CC(C(C)(C)C)CC[C@]4(C)[C@H]3CC[C@]12C. The molecule has 3 fully saturated rings. The molecule has 3 nitrogen and oxygen atoms in total. The zero-order valence-electron chi connectivity index (χ0n) is 23.0. The number of carbonyl (C=O) groups is 2. The number of aliphatic hydroxyl groups is 1. The Kier molecular flexibility index (Phi) is 7.04. The zero-order chi connectivity index (χ0) is 25.1. The molecule has 0 radical (unpaired) electrons. The molecule has 3 heteroatoms. The summed E-state index contributed by atoms with van der Waals surface area (Å²) in [5.41, 5.74) is 2.34. The molecule has 0 heterocycles. The first-order chi connectivity index (χ1) is 15.8. The smallest absolute Gasteiger partial charge is 0.137 e. The number of aliphatic hydroxyl groups excluding tert-OH is 1. The maximum Gasteiger partial charge on any atom is 0.137 e. The number of ketones is 2. The minimum atomic E-state index is -0.197. The van der Waals surface area contributed by atoms with Gasteiger partial charge in [-0.15, -0.1) is 0 Å². The van der Waals surface area contributed by atoms with E-state index in [1.807, 2.05) is 13.8 Å². The van der Waals surface area contributed by atoms with Gasteiger partial charge in [-0.3, -0.25) is 9.59 Å². The normalized spacial score (nSPS) is 41.7. The molecule has 34 heavy (non-hydrogen) atoms. The monoisotopic (exact) mass is 470 g/mol. The van der Waals surface area contributed by atoms with Gasteiger partial charge in [-0.05, 0) is 90.8 Å². The van der Waals surface area contributed by atoms with Gasteiger partial charge in [-0.1, -0.05) is 60.1 Å². The molecule has 192 valence electrons. The van der Waals surface area contributed by atoms with E-state index in [4.69, 9.17) is 0 Å². The lowest BCUT2D eigenvalue weighted by Gasteiger charge is -2.59. The molecule has 4 rings (SSSR count). The standard InChI is InChI=1S/C31H50O3/c1-19(18-32)8-11-26(33)20(2)28-27(34)17-25-23-10-9-22-16-21(29(3,4)5)12-14-30(22,6)24(23)13-15-31(25,28)7/h9,19-21,23-25,28,32H,8,10-18H2,1-7H3/t19-,20-,21?,23-,24+,25+,28+,30+,31+/m1/s1. The molecule has 0 aromatic rings. The van der Waals surface area contributed by atoms with Gasteiger partial charge in [0.1, 0.15) is 11.6 Å². The molecule has 0 aromatic heterocycles. The summed E-state index contributed by atoms with van der Waals surface area (Å²) in [4.78, 5) is 26.6. The van der Waals surface area contributed by atoms with Crippen LogP contribution in [-0.4, -0.2) is 23.3 Å². The number of hydrogen-bond acceptors (Lipinski definition) is 3. The third kappa shape index (κ3) is 4.27. The summed E-state index contributed by atoms with van der Waals surface area (Å²) in [6, 6.07) is 0. The quantitative estimate of drug-likeness (QED) is 0.424. The highest BCUT2D eigenvalue weighted by Gasteiger charge is 2.62. The summed E-state index contributed by atoms with van der Waals surface area (Å²) < 4.78 is 0. The lowest BCUT2D eigenvalue weighted by atomic mass is 9.46. The fourth-order valence-electron chi connectivity index (χ4n) is 8.97. The van der Waals surface area contributed by atoms with Gasteiger partial charge in [-0.25, -0.2) is 0 Å². The summed E-state index contributed by atoms with van der Waals surface area (Å²) in [7, 11) is 0. The van der Waals surface area contributed by atoms with E-state index in [0.29, 0.717) is 53.6 Å². The lowest BCUT2D eigenvalue weighted by Crippen LogP contribution is -2.51. The largest absolute Gasteiger partial charge is 0.396 e. The van der Waals surface area contributed by atoms with Crippen LogP contribution in [0.4, 0.5) is 0 Å². The van der Waals surface area contributed by atoms with E-state index in [-0.39, 0.29) is 35.6 Å². The van der Waals surface area contributed by atoms with Crippen LogP contribution in [0.1, 0.15) is 106 Å². The minimum absolute atomic E-state index is 0.0414. The lowest BCUT2D eigenvalue weighted by molar-refractivity contribution is -0.134. The first-order valence-corrected chi connectivity index (χ1v) is 14.2. The Bertz CT molecular complexity index is 834. The zero-order valence-corrected chi connectivity index (χ0v) is 23.0. The van der Waals surface area contributed by atoms with E-state index in [0.717, 1.165) is 18.8 Å². The summed E-state index contributed by atoms with van der Waals surface area (Å²) >= 11 is 0. The number of carbonyl (C=O) groups excluding carboxylic acids is 2. The summed E-state index contributed by atoms with van der Waals surface area (Å²) in [6.07, 6.45) is 11.8. The van der Waals surface area contributed by atoms with E-state index < -0.39 is 0 Å². The first-order valence-electron chi connectivity index (χ1n) is 14.2. The van der Waals surface area contributed by atoms with E-state index >= 15 is 0 Å². The first kappa shape index (κ1) is 26.1. The molecule has 0 aromatic carbocycles. The van der Waals surface area contributed by atoms with Crippen molar-refractivity contribution in [3.63, 3.8) is 0 Å². The van der Waals surface area contributed by atoms with E-state index in [1.54, 1.807) is 5.57 Å². The predicted molar refractivity (Wildman–Crippen MR) is 138 cm³/mol. The third-order valence-corrected chi connectivity index (χ3v) is 11.4. The summed E-state index contributed by atoms with van der Waals surface area (Å²) in [5, 5.41) is 9.33.